The molecule has 1 aliphatic heterocycles. The third-order valence-electron chi connectivity index (χ3n) is 3.37. The van der Waals surface area contributed by atoms with Crippen molar-refractivity contribution in [3.8, 4) is 11.4 Å². The van der Waals surface area contributed by atoms with Gasteiger partial charge in [0.15, 0.2) is 0 Å². The monoisotopic (exact) mass is 243 g/mol. The molecule has 0 fully saturated rings. The fraction of sp³-hybridized carbons (Fsp3) is 0.333. The van der Waals surface area contributed by atoms with Crippen LogP contribution < -0.4 is 0 Å². The summed E-state index contributed by atoms with van der Waals surface area (Å²) in [5, 5.41) is 7.33. The number of carbonyl (C=O) groups excluding carboxylic acids is 1. The van der Waals surface area contributed by atoms with Gasteiger partial charge in [-0.2, -0.15) is 5.10 Å². The maximum Gasteiger partial charge on any atom is 0.210 e. The Labute approximate surface area is 104 Å². The summed E-state index contributed by atoms with van der Waals surface area (Å²) in [6.07, 6.45) is 6.69. The second-order valence-electron chi connectivity index (χ2n) is 4.32. The lowest BCUT2D eigenvalue weighted by molar-refractivity contribution is -0.120. The average molecular weight is 243 g/mol. The molecule has 0 saturated carbocycles. The fourth-order valence-electron chi connectivity index (χ4n) is 2.35. The van der Waals surface area contributed by atoms with Crippen molar-refractivity contribution in [2.75, 3.05) is 6.54 Å². The molecule has 2 aromatic rings. The number of hydrogen-bond donors (Lipinski definition) is 1. The van der Waals surface area contributed by atoms with E-state index in [1.54, 1.807) is 23.5 Å². The zero-order valence-corrected chi connectivity index (χ0v) is 10.00. The third-order valence-corrected chi connectivity index (χ3v) is 3.37. The van der Waals surface area contributed by atoms with E-state index in [1.165, 1.54) is 0 Å². The first-order valence-electron chi connectivity index (χ1n) is 5.86. The number of rotatable bonds is 2. The van der Waals surface area contributed by atoms with Gasteiger partial charge in [-0.25, -0.2) is 0 Å². The van der Waals surface area contributed by atoms with Crippen LogP contribution in [0.5, 0.6) is 0 Å². The Bertz CT molecular complexity index is 565. The largest absolute Gasteiger partial charge is 0.337 e. The lowest BCUT2D eigenvalue weighted by Gasteiger charge is -2.29. The Kier molecular flexibility index (Phi) is 2.55. The summed E-state index contributed by atoms with van der Waals surface area (Å²) in [6, 6.07) is 0.00733. The molecule has 6 heteroatoms. The molecule has 0 aliphatic carbocycles. The van der Waals surface area contributed by atoms with Gasteiger partial charge in [0.05, 0.1) is 23.6 Å². The molecule has 0 saturated heterocycles. The lowest BCUT2D eigenvalue weighted by atomic mass is 9.98. The van der Waals surface area contributed by atoms with Crippen molar-refractivity contribution < 1.29 is 4.79 Å². The van der Waals surface area contributed by atoms with Crippen LogP contribution >= 0.6 is 0 Å². The molecule has 1 amide bonds. The van der Waals surface area contributed by atoms with Crippen molar-refractivity contribution in [3.63, 3.8) is 0 Å². The van der Waals surface area contributed by atoms with Crippen molar-refractivity contribution in [2.24, 2.45) is 0 Å². The molecule has 3 heterocycles. The molecule has 1 N–H and O–H groups in total. The Hall–Kier alpha value is -2.24. The summed E-state index contributed by atoms with van der Waals surface area (Å²) in [4.78, 5) is 21.0. The zero-order chi connectivity index (χ0) is 12.5. The van der Waals surface area contributed by atoms with E-state index in [4.69, 9.17) is 0 Å². The minimum atomic E-state index is 0.00733. The minimum absolute atomic E-state index is 0.00733. The minimum Gasteiger partial charge on any atom is -0.337 e. The van der Waals surface area contributed by atoms with E-state index in [-0.39, 0.29) is 6.04 Å². The van der Waals surface area contributed by atoms with Gasteiger partial charge in [-0.3, -0.25) is 19.9 Å². The number of nitrogens with one attached hydrogen (secondary N) is 1. The van der Waals surface area contributed by atoms with Crippen molar-refractivity contribution in [1.82, 2.24) is 25.1 Å². The summed E-state index contributed by atoms with van der Waals surface area (Å²) in [5.41, 5.74) is 3.77. The van der Waals surface area contributed by atoms with Crippen LogP contribution in [0.1, 0.15) is 24.2 Å². The molecule has 0 radical (unpaired) electrons. The number of amides is 1. The summed E-state index contributed by atoms with van der Waals surface area (Å²) >= 11 is 0. The van der Waals surface area contributed by atoms with Crippen molar-refractivity contribution in [2.45, 2.75) is 19.4 Å². The Morgan fingerprint density at radius 2 is 2.39 bits per heavy atom. The zero-order valence-electron chi connectivity index (χ0n) is 10.00. The van der Waals surface area contributed by atoms with E-state index >= 15 is 0 Å². The van der Waals surface area contributed by atoms with Crippen LogP contribution in [0, 0.1) is 0 Å². The first-order valence-corrected chi connectivity index (χ1v) is 5.86. The number of aromatic amines is 1. The van der Waals surface area contributed by atoms with Gasteiger partial charge in [-0.05, 0) is 13.3 Å². The molecular weight excluding hydrogens is 230 g/mol. The Balaban J connectivity index is 2.05. The van der Waals surface area contributed by atoms with E-state index in [1.807, 2.05) is 6.92 Å². The van der Waals surface area contributed by atoms with Crippen LogP contribution in [-0.2, 0) is 11.2 Å². The molecule has 2 aromatic heterocycles. The van der Waals surface area contributed by atoms with Crippen LogP contribution in [-0.4, -0.2) is 38.0 Å². The highest BCUT2D eigenvalue weighted by Gasteiger charge is 2.28. The molecule has 6 nitrogen and oxygen atoms in total. The molecule has 0 aromatic carbocycles. The normalized spacial score (nSPS) is 18.5. The summed E-state index contributed by atoms with van der Waals surface area (Å²) in [6.45, 7) is 2.69. The van der Waals surface area contributed by atoms with Gasteiger partial charge in [-0.1, -0.05) is 0 Å². The fourth-order valence-corrected chi connectivity index (χ4v) is 2.35. The molecule has 0 bridgehead atoms. The first-order chi connectivity index (χ1) is 8.81. The first kappa shape index (κ1) is 10.9. The second kappa shape index (κ2) is 4.21. The molecular formula is C12H13N5O. The van der Waals surface area contributed by atoms with Crippen molar-refractivity contribution in [1.29, 1.82) is 0 Å². The van der Waals surface area contributed by atoms with Crippen molar-refractivity contribution in [3.05, 3.63) is 29.8 Å². The Morgan fingerprint density at radius 3 is 3.11 bits per heavy atom. The van der Waals surface area contributed by atoms with Crippen LogP contribution in [0.2, 0.25) is 0 Å². The highest BCUT2D eigenvalue weighted by atomic mass is 16.1. The highest BCUT2D eigenvalue weighted by molar-refractivity contribution is 5.61. The standard InChI is InChI=1S/C12H13N5O/c1-8-11-9(2-5-17(8)7-18)12(16-15-11)10-6-13-3-4-14-10/h3-4,6-8H,2,5H2,1H3,(H,15,16). The SMILES string of the molecule is CC1c2n[nH]c(-c3cnccn3)c2CCN1C=O. The van der Waals surface area contributed by atoms with Crippen LogP contribution in [0.15, 0.2) is 18.6 Å². The average Bonchev–Trinajstić information content (AvgIpc) is 2.85. The number of nitrogens with zero attached hydrogens (tertiary/aromatic N) is 4. The van der Waals surface area contributed by atoms with Gasteiger partial charge < -0.3 is 4.90 Å². The molecule has 1 aliphatic rings. The van der Waals surface area contributed by atoms with E-state index in [0.717, 1.165) is 35.5 Å². The number of H-pyrrole nitrogens is 1. The number of fused-ring (bicyclic) bond motifs is 1. The van der Waals surface area contributed by atoms with E-state index < -0.39 is 0 Å². The molecule has 3 rings (SSSR count). The van der Waals surface area contributed by atoms with E-state index in [9.17, 15) is 4.79 Å². The van der Waals surface area contributed by atoms with Gasteiger partial charge in [0, 0.05) is 24.5 Å². The van der Waals surface area contributed by atoms with Gasteiger partial charge in [-0.15, -0.1) is 0 Å². The smallest absolute Gasteiger partial charge is 0.210 e. The summed E-state index contributed by atoms with van der Waals surface area (Å²) < 4.78 is 0. The van der Waals surface area contributed by atoms with Crippen LogP contribution in [0.3, 0.4) is 0 Å². The van der Waals surface area contributed by atoms with E-state index in [0.29, 0.717) is 6.54 Å². The molecule has 1 atom stereocenters. The third kappa shape index (κ3) is 1.57. The predicted molar refractivity (Wildman–Crippen MR) is 64.5 cm³/mol. The van der Waals surface area contributed by atoms with Gasteiger partial charge >= 0.3 is 0 Å². The van der Waals surface area contributed by atoms with Crippen molar-refractivity contribution >= 4 is 6.41 Å². The molecule has 1 unspecified atom stereocenters. The number of hydrogen-bond acceptors (Lipinski definition) is 4. The maximum atomic E-state index is 10.9. The highest BCUT2D eigenvalue weighted by Crippen LogP contribution is 2.32. The summed E-state index contributed by atoms with van der Waals surface area (Å²) in [7, 11) is 0. The molecule has 18 heavy (non-hydrogen) atoms. The topological polar surface area (TPSA) is 74.8 Å². The predicted octanol–water partition coefficient (Wildman–Crippen LogP) is 0.942. The lowest BCUT2D eigenvalue weighted by Crippen LogP contribution is -2.32. The van der Waals surface area contributed by atoms with Gasteiger partial charge in [0.25, 0.3) is 0 Å². The number of aromatic nitrogens is 4. The summed E-state index contributed by atoms with van der Waals surface area (Å²) in [5.74, 6) is 0. The van der Waals surface area contributed by atoms with Crippen LogP contribution in [0.4, 0.5) is 0 Å². The Morgan fingerprint density at radius 1 is 1.50 bits per heavy atom. The van der Waals surface area contributed by atoms with Gasteiger partial charge in [0.2, 0.25) is 6.41 Å². The van der Waals surface area contributed by atoms with E-state index in [2.05, 4.69) is 20.2 Å². The van der Waals surface area contributed by atoms with Crippen LogP contribution in [0.25, 0.3) is 11.4 Å². The molecule has 92 valence electrons. The number of carbonyl (C=O) groups is 1. The molecule has 0 spiro atoms. The maximum absolute atomic E-state index is 10.9. The second-order valence-corrected chi connectivity index (χ2v) is 4.32. The quantitative estimate of drug-likeness (QED) is 0.796. The van der Waals surface area contributed by atoms with Gasteiger partial charge in [0.1, 0.15) is 5.69 Å².